The summed E-state index contributed by atoms with van der Waals surface area (Å²) < 4.78 is 4.57. The van der Waals surface area contributed by atoms with Gasteiger partial charge in [0.05, 0.1) is 22.5 Å². The molecule has 0 fully saturated rings. The van der Waals surface area contributed by atoms with Gasteiger partial charge in [-0.05, 0) is 29.3 Å². The number of nitrogens with zero attached hydrogens (tertiary/aromatic N) is 6. The van der Waals surface area contributed by atoms with Gasteiger partial charge in [-0.15, -0.1) is 22.7 Å². The molecule has 0 aliphatic heterocycles. The molecule has 6 nitrogen and oxygen atoms in total. The first-order valence-corrected chi connectivity index (χ1v) is 20.4. The van der Waals surface area contributed by atoms with E-state index in [4.69, 9.17) is 31.5 Å². The first-order valence-electron chi connectivity index (χ1n) is 18.8. The molecule has 8 heteroatoms. The fraction of sp³-hybridized carbons (Fsp3) is 0. The fourth-order valence-corrected chi connectivity index (χ4v) is 9.94. The van der Waals surface area contributed by atoms with Crippen LogP contribution >= 0.6 is 22.7 Å². The molecule has 0 aliphatic rings. The molecular formula is C50H28N6S2. The molecule has 0 N–H and O–H groups in total. The first-order chi connectivity index (χ1) is 28.7. The molecule has 0 spiro atoms. The number of fused-ring (bicyclic) bond motifs is 6. The maximum Gasteiger partial charge on any atom is 0.194 e. The highest BCUT2D eigenvalue weighted by Gasteiger charge is 2.20. The van der Waals surface area contributed by atoms with Crippen molar-refractivity contribution in [3.05, 3.63) is 181 Å². The molecule has 0 saturated heterocycles. The third-order valence-corrected chi connectivity index (χ3v) is 12.7. The zero-order valence-electron chi connectivity index (χ0n) is 30.7. The van der Waals surface area contributed by atoms with Crippen molar-refractivity contribution in [3.8, 4) is 67.9 Å². The second-order valence-corrected chi connectivity index (χ2v) is 16.0. The van der Waals surface area contributed by atoms with Crippen LogP contribution in [0.5, 0.6) is 0 Å². The predicted octanol–water partition coefficient (Wildman–Crippen LogP) is 14.0. The molecule has 0 radical (unpaired) electrons. The average molecular weight is 777 g/mol. The lowest BCUT2D eigenvalue weighted by atomic mass is 10.0. The minimum Gasteiger partial charge on any atom is -0.238 e. The molecule has 0 amide bonds. The lowest BCUT2D eigenvalue weighted by molar-refractivity contribution is 1.08. The van der Waals surface area contributed by atoms with Gasteiger partial charge in [-0.2, -0.15) is 0 Å². The Balaban J connectivity index is 1.05. The molecule has 4 heterocycles. The molecular weight excluding hydrogens is 749 g/mol. The summed E-state index contributed by atoms with van der Waals surface area (Å²) in [4.78, 5) is 29.4. The normalized spacial score (nSPS) is 11.4. The van der Waals surface area contributed by atoms with Crippen LogP contribution in [-0.2, 0) is 0 Å². The largest absolute Gasteiger partial charge is 0.238 e. The molecule has 4 aromatic heterocycles. The van der Waals surface area contributed by atoms with Crippen molar-refractivity contribution in [2.75, 3.05) is 0 Å². The Kier molecular flexibility index (Phi) is 8.14. The fourth-order valence-electron chi connectivity index (χ4n) is 7.62. The van der Waals surface area contributed by atoms with Crippen LogP contribution in [0, 0.1) is 6.57 Å². The zero-order valence-corrected chi connectivity index (χ0v) is 32.3. The standard InChI is InChI=1S/C50H28N6S2/c1-51-39-20-10-8-17-35(39)30-23-25-33(26-24-30)48-54-47(32-15-6-3-7-16-32)55-50(56-48)38-19-12-22-41-43(38)36-28-27-34(29-42(36)57-41)49-52-44(31-13-4-2-5-14-31)46-45(53-49)37-18-9-11-21-40(37)58-46/h2-29H. The number of rotatable bonds is 6. The van der Waals surface area contributed by atoms with E-state index in [0.29, 0.717) is 29.0 Å². The molecule has 0 aliphatic carbocycles. The number of hydrogen-bond donors (Lipinski definition) is 0. The molecule has 0 bridgehead atoms. The summed E-state index contributed by atoms with van der Waals surface area (Å²) in [5.74, 6) is 2.49. The molecule has 58 heavy (non-hydrogen) atoms. The van der Waals surface area contributed by atoms with Gasteiger partial charge in [0.2, 0.25) is 0 Å². The van der Waals surface area contributed by atoms with E-state index in [2.05, 4.69) is 89.8 Å². The zero-order chi connectivity index (χ0) is 38.6. The van der Waals surface area contributed by atoms with Crippen LogP contribution in [0.2, 0.25) is 0 Å². The highest BCUT2D eigenvalue weighted by Crippen LogP contribution is 2.43. The Morgan fingerprint density at radius 3 is 1.79 bits per heavy atom. The van der Waals surface area contributed by atoms with Crippen LogP contribution in [0.1, 0.15) is 0 Å². The van der Waals surface area contributed by atoms with E-state index in [1.165, 1.54) is 4.70 Å². The third-order valence-electron chi connectivity index (χ3n) is 10.4. The number of hydrogen-bond acceptors (Lipinski definition) is 7. The minimum absolute atomic E-state index is 0.579. The Labute approximate surface area is 341 Å². The molecule has 270 valence electrons. The van der Waals surface area contributed by atoms with E-state index in [0.717, 1.165) is 80.4 Å². The second-order valence-electron chi connectivity index (χ2n) is 13.9. The van der Waals surface area contributed by atoms with Crippen molar-refractivity contribution in [1.29, 1.82) is 0 Å². The Hall–Kier alpha value is -7.44. The van der Waals surface area contributed by atoms with Gasteiger partial charge >= 0.3 is 0 Å². The summed E-state index contributed by atoms with van der Waals surface area (Å²) in [5.41, 5.74) is 9.15. The van der Waals surface area contributed by atoms with Gasteiger partial charge in [0.15, 0.2) is 29.0 Å². The number of benzene rings is 7. The minimum atomic E-state index is 0.579. The van der Waals surface area contributed by atoms with Gasteiger partial charge in [-0.1, -0.05) is 152 Å². The van der Waals surface area contributed by atoms with Gasteiger partial charge in [0.1, 0.15) is 0 Å². The van der Waals surface area contributed by atoms with E-state index >= 15 is 0 Å². The quantitative estimate of drug-likeness (QED) is 0.157. The van der Waals surface area contributed by atoms with E-state index in [9.17, 15) is 0 Å². The van der Waals surface area contributed by atoms with Crippen LogP contribution in [0.3, 0.4) is 0 Å². The lowest BCUT2D eigenvalue weighted by Crippen LogP contribution is -2.00. The SMILES string of the molecule is [C-]#[N+]c1ccccc1-c1ccc(-c2nc(-c3ccccc3)nc(-c3cccc4sc5cc(-c6nc(-c7ccccc7)c7sc8ccccc8c7n6)ccc5c34)n2)cc1. The van der Waals surface area contributed by atoms with Crippen LogP contribution in [0.4, 0.5) is 5.69 Å². The third kappa shape index (κ3) is 5.80. The Bertz CT molecular complexity index is 3400. The maximum absolute atomic E-state index is 7.64. The molecule has 0 saturated carbocycles. The van der Waals surface area contributed by atoms with Gasteiger partial charge in [0, 0.05) is 58.1 Å². The van der Waals surface area contributed by atoms with Gasteiger partial charge < -0.3 is 0 Å². The van der Waals surface area contributed by atoms with Crippen LogP contribution < -0.4 is 0 Å². The van der Waals surface area contributed by atoms with Gasteiger partial charge in [0.25, 0.3) is 0 Å². The molecule has 11 rings (SSSR count). The highest BCUT2D eigenvalue weighted by atomic mass is 32.1. The van der Waals surface area contributed by atoms with Gasteiger partial charge in [-0.3, -0.25) is 0 Å². The first kappa shape index (κ1) is 33.9. The van der Waals surface area contributed by atoms with Crippen LogP contribution in [-0.4, -0.2) is 24.9 Å². The summed E-state index contributed by atoms with van der Waals surface area (Å²) in [6.07, 6.45) is 0. The van der Waals surface area contributed by atoms with E-state index < -0.39 is 0 Å². The summed E-state index contributed by atoms with van der Waals surface area (Å²) in [7, 11) is 0. The molecule has 0 unspecified atom stereocenters. The van der Waals surface area contributed by atoms with Crippen molar-refractivity contribution in [1.82, 2.24) is 24.9 Å². The summed E-state index contributed by atoms with van der Waals surface area (Å²) in [6.45, 7) is 7.64. The number of thiophene rings is 2. The van der Waals surface area contributed by atoms with Crippen molar-refractivity contribution in [2.45, 2.75) is 0 Å². The topological polar surface area (TPSA) is 68.8 Å². The van der Waals surface area contributed by atoms with Crippen molar-refractivity contribution >= 4 is 68.8 Å². The Morgan fingerprint density at radius 1 is 0.397 bits per heavy atom. The summed E-state index contributed by atoms with van der Waals surface area (Å²) in [6, 6.07) is 57.6. The molecule has 11 aromatic rings. The van der Waals surface area contributed by atoms with E-state index in [-0.39, 0.29) is 0 Å². The maximum atomic E-state index is 7.64. The molecule has 7 aromatic carbocycles. The lowest BCUT2D eigenvalue weighted by Gasteiger charge is -2.10. The number of aromatic nitrogens is 5. The second kappa shape index (κ2) is 13.9. The summed E-state index contributed by atoms with van der Waals surface area (Å²) in [5, 5.41) is 3.36. The highest BCUT2D eigenvalue weighted by molar-refractivity contribution is 7.26. The number of para-hydroxylation sites is 1. The van der Waals surface area contributed by atoms with Gasteiger partial charge in [-0.25, -0.2) is 29.8 Å². The van der Waals surface area contributed by atoms with Crippen molar-refractivity contribution in [3.63, 3.8) is 0 Å². The van der Waals surface area contributed by atoms with E-state index in [1.54, 1.807) is 22.7 Å². The smallest absolute Gasteiger partial charge is 0.194 e. The summed E-state index contributed by atoms with van der Waals surface area (Å²) >= 11 is 3.49. The monoisotopic (exact) mass is 776 g/mol. The van der Waals surface area contributed by atoms with Crippen molar-refractivity contribution in [2.24, 2.45) is 0 Å². The van der Waals surface area contributed by atoms with Crippen molar-refractivity contribution < 1.29 is 0 Å². The van der Waals surface area contributed by atoms with E-state index in [1.807, 2.05) is 84.9 Å². The molecule has 0 atom stereocenters. The predicted molar refractivity (Wildman–Crippen MR) is 240 cm³/mol. The van der Waals surface area contributed by atoms with Crippen LogP contribution in [0.25, 0.3) is 113 Å². The Morgan fingerprint density at radius 2 is 1.00 bits per heavy atom. The van der Waals surface area contributed by atoms with Crippen LogP contribution in [0.15, 0.2) is 170 Å². The average Bonchev–Trinajstić information content (AvgIpc) is 3.87.